The van der Waals surface area contributed by atoms with Gasteiger partial charge in [0.1, 0.15) is 0 Å². The maximum absolute atomic E-state index is 4.84. The predicted molar refractivity (Wildman–Crippen MR) is 102 cm³/mol. The summed E-state index contributed by atoms with van der Waals surface area (Å²) in [6.45, 7) is 0. The highest BCUT2D eigenvalue weighted by Crippen LogP contribution is 2.24. The van der Waals surface area contributed by atoms with Crippen LogP contribution in [0.25, 0.3) is 0 Å². The van der Waals surface area contributed by atoms with Gasteiger partial charge in [0.2, 0.25) is 0 Å². The number of nitrogens with zero attached hydrogens (tertiary/aromatic N) is 2. The lowest BCUT2D eigenvalue weighted by molar-refractivity contribution is 0.380. The van der Waals surface area contributed by atoms with Gasteiger partial charge in [-0.2, -0.15) is 5.10 Å². The predicted octanol–water partition coefficient (Wildman–Crippen LogP) is 4.48. The highest BCUT2D eigenvalue weighted by molar-refractivity contribution is 6.01. The molecule has 3 nitrogen and oxygen atoms in total. The van der Waals surface area contributed by atoms with Gasteiger partial charge in [-0.15, -0.1) is 0 Å². The van der Waals surface area contributed by atoms with Crippen molar-refractivity contribution < 1.29 is 0 Å². The molecule has 1 aromatic rings. The first-order valence-corrected chi connectivity index (χ1v) is 9.17. The molecule has 1 aromatic carbocycles. The summed E-state index contributed by atoms with van der Waals surface area (Å²) < 4.78 is 0. The summed E-state index contributed by atoms with van der Waals surface area (Å²) in [4.78, 5) is 2.17. The Morgan fingerprint density at radius 3 is 2.54 bits per heavy atom. The Labute approximate surface area is 146 Å². The maximum atomic E-state index is 4.84. The van der Waals surface area contributed by atoms with Crippen molar-refractivity contribution in [3.8, 4) is 0 Å². The van der Waals surface area contributed by atoms with Crippen molar-refractivity contribution in [2.75, 3.05) is 14.1 Å². The summed E-state index contributed by atoms with van der Waals surface area (Å²) in [7, 11) is 4.20. The van der Waals surface area contributed by atoms with E-state index in [2.05, 4.69) is 66.9 Å². The van der Waals surface area contributed by atoms with Crippen LogP contribution in [0.1, 0.15) is 50.5 Å². The molecule has 0 radical (unpaired) electrons. The summed E-state index contributed by atoms with van der Waals surface area (Å²) >= 11 is 0. The Morgan fingerprint density at radius 2 is 1.88 bits per heavy atom. The number of rotatable bonds is 6. The van der Waals surface area contributed by atoms with Gasteiger partial charge in [-0.3, -0.25) is 0 Å². The second-order valence-electron chi connectivity index (χ2n) is 7.10. The molecule has 0 unspecified atom stereocenters. The molecule has 24 heavy (non-hydrogen) atoms. The average Bonchev–Trinajstić information content (AvgIpc) is 3.09. The Hall–Kier alpha value is -2.03. The van der Waals surface area contributed by atoms with Crippen LogP contribution < -0.4 is 5.43 Å². The molecule has 2 aliphatic rings. The zero-order chi connectivity index (χ0) is 16.8. The van der Waals surface area contributed by atoms with Crippen molar-refractivity contribution in [1.29, 1.82) is 0 Å². The molecule has 0 aliphatic heterocycles. The topological polar surface area (TPSA) is 27.6 Å². The summed E-state index contributed by atoms with van der Waals surface area (Å²) in [6.07, 6.45) is 13.1. The lowest BCUT2D eigenvalue weighted by Crippen LogP contribution is -2.28. The van der Waals surface area contributed by atoms with Crippen molar-refractivity contribution in [3.05, 3.63) is 59.3 Å². The summed E-state index contributed by atoms with van der Waals surface area (Å²) in [6, 6.07) is 11.1. The quantitative estimate of drug-likeness (QED) is 0.617. The third-order valence-electron chi connectivity index (χ3n) is 4.93. The van der Waals surface area contributed by atoms with Gasteiger partial charge in [-0.05, 0) is 30.9 Å². The fraction of sp³-hybridized carbons (Fsp3) is 0.476. The largest absolute Gasteiger partial charge is 0.378 e. The van der Waals surface area contributed by atoms with Crippen LogP contribution in [-0.2, 0) is 0 Å². The first-order valence-electron chi connectivity index (χ1n) is 9.17. The molecule has 0 atom stereocenters. The molecule has 3 rings (SSSR count). The molecule has 0 amide bonds. The van der Waals surface area contributed by atoms with Crippen LogP contribution in [0, 0.1) is 0 Å². The van der Waals surface area contributed by atoms with E-state index >= 15 is 0 Å². The standard InChI is InChI=1S/C21H29N3/c1-24(2)20-14-13-17(15-20)16-21(18-9-5-3-6-10-18)23-22-19-11-7-4-8-12-19/h3,5-6,9-10,14-15,19,22H,4,7-8,11-13,16H2,1-2H3. The maximum Gasteiger partial charge on any atom is 0.0715 e. The van der Waals surface area contributed by atoms with Gasteiger partial charge in [-0.25, -0.2) is 0 Å². The Morgan fingerprint density at radius 1 is 1.12 bits per heavy atom. The third kappa shape index (κ3) is 4.50. The molecule has 1 saturated carbocycles. The molecule has 0 aromatic heterocycles. The van der Waals surface area contributed by atoms with E-state index in [0.29, 0.717) is 6.04 Å². The number of hydrogen-bond donors (Lipinski definition) is 1. The van der Waals surface area contributed by atoms with Gasteiger partial charge in [0.05, 0.1) is 5.71 Å². The lowest BCUT2D eigenvalue weighted by atomic mass is 9.96. The van der Waals surface area contributed by atoms with Gasteiger partial charge in [0, 0.05) is 32.3 Å². The van der Waals surface area contributed by atoms with Crippen LogP contribution in [0.2, 0.25) is 0 Å². The van der Waals surface area contributed by atoms with Crippen LogP contribution in [-0.4, -0.2) is 30.7 Å². The number of nitrogens with one attached hydrogen (secondary N) is 1. The van der Waals surface area contributed by atoms with Crippen molar-refractivity contribution in [2.24, 2.45) is 5.10 Å². The van der Waals surface area contributed by atoms with E-state index < -0.39 is 0 Å². The van der Waals surface area contributed by atoms with Gasteiger partial charge in [-0.1, -0.05) is 61.2 Å². The zero-order valence-electron chi connectivity index (χ0n) is 15.0. The molecule has 1 N–H and O–H groups in total. The van der Waals surface area contributed by atoms with E-state index in [1.807, 2.05) is 0 Å². The minimum absolute atomic E-state index is 0.547. The second-order valence-corrected chi connectivity index (χ2v) is 7.10. The Balaban J connectivity index is 1.72. The normalized spacial score (nSPS) is 19.0. The molecule has 3 heteroatoms. The average molecular weight is 323 g/mol. The molecule has 0 bridgehead atoms. The van der Waals surface area contributed by atoms with E-state index in [4.69, 9.17) is 5.10 Å². The SMILES string of the molecule is CN(C)C1=CCC(CC(=NNC2CCCCC2)c2ccccc2)=C1. The van der Waals surface area contributed by atoms with E-state index in [9.17, 15) is 0 Å². The Kier molecular flexibility index (Phi) is 5.73. The zero-order valence-corrected chi connectivity index (χ0v) is 15.0. The van der Waals surface area contributed by atoms with Crippen molar-refractivity contribution in [3.63, 3.8) is 0 Å². The van der Waals surface area contributed by atoms with E-state index in [0.717, 1.165) is 18.6 Å². The molecule has 0 saturated heterocycles. The van der Waals surface area contributed by atoms with Crippen molar-refractivity contribution >= 4 is 5.71 Å². The molecule has 0 heterocycles. The van der Waals surface area contributed by atoms with E-state index in [-0.39, 0.29) is 0 Å². The number of likely N-dealkylation sites (N-methyl/N-ethyl adjacent to an activating group) is 1. The van der Waals surface area contributed by atoms with Gasteiger partial charge < -0.3 is 10.3 Å². The van der Waals surface area contributed by atoms with Crippen LogP contribution in [0.4, 0.5) is 0 Å². The molecule has 128 valence electrons. The number of allylic oxidation sites excluding steroid dienone is 3. The fourth-order valence-corrected chi connectivity index (χ4v) is 3.45. The molecular formula is C21H29N3. The van der Waals surface area contributed by atoms with Crippen molar-refractivity contribution in [1.82, 2.24) is 10.3 Å². The Bertz CT molecular complexity index is 620. The minimum Gasteiger partial charge on any atom is -0.378 e. The van der Waals surface area contributed by atoms with Gasteiger partial charge in [0.25, 0.3) is 0 Å². The highest BCUT2D eigenvalue weighted by atomic mass is 15.3. The molecular weight excluding hydrogens is 294 g/mol. The van der Waals surface area contributed by atoms with Crippen LogP contribution >= 0.6 is 0 Å². The second kappa shape index (κ2) is 8.18. The smallest absolute Gasteiger partial charge is 0.0715 e. The monoisotopic (exact) mass is 323 g/mol. The van der Waals surface area contributed by atoms with E-state index in [1.54, 1.807) is 0 Å². The molecule has 0 spiro atoms. The summed E-state index contributed by atoms with van der Waals surface area (Å²) in [5.74, 6) is 0. The van der Waals surface area contributed by atoms with Crippen LogP contribution in [0.15, 0.2) is 58.9 Å². The number of benzene rings is 1. The van der Waals surface area contributed by atoms with Gasteiger partial charge >= 0.3 is 0 Å². The summed E-state index contributed by atoms with van der Waals surface area (Å²) in [5.41, 5.74) is 8.58. The minimum atomic E-state index is 0.547. The number of hydrogen-bond acceptors (Lipinski definition) is 3. The third-order valence-corrected chi connectivity index (χ3v) is 4.93. The first-order chi connectivity index (χ1) is 11.7. The first kappa shape index (κ1) is 16.8. The van der Waals surface area contributed by atoms with Crippen molar-refractivity contribution in [2.45, 2.75) is 51.0 Å². The van der Waals surface area contributed by atoms with Crippen LogP contribution in [0.5, 0.6) is 0 Å². The van der Waals surface area contributed by atoms with E-state index in [1.165, 1.54) is 48.9 Å². The highest BCUT2D eigenvalue weighted by Gasteiger charge is 2.15. The molecule has 1 fully saturated rings. The van der Waals surface area contributed by atoms with Gasteiger partial charge in [0.15, 0.2) is 0 Å². The molecule has 2 aliphatic carbocycles. The summed E-state index contributed by atoms with van der Waals surface area (Å²) in [5, 5.41) is 4.84. The number of hydrazone groups is 1. The fourth-order valence-electron chi connectivity index (χ4n) is 3.45. The van der Waals surface area contributed by atoms with Crippen LogP contribution in [0.3, 0.4) is 0 Å². The lowest BCUT2D eigenvalue weighted by Gasteiger charge is -2.21.